The van der Waals surface area contributed by atoms with Gasteiger partial charge in [-0.1, -0.05) is 30.0 Å². The van der Waals surface area contributed by atoms with Crippen molar-refractivity contribution in [2.75, 3.05) is 33.1 Å². The lowest BCUT2D eigenvalue weighted by molar-refractivity contribution is 0.0362. The molecule has 3 rings (SSSR count). The molecule has 1 unspecified atom stereocenters. The lowest BCUT2D eigenvalue weighted by Crippen LogP contribution is -2.27. The SMILES string of the molecule is CCOP(=O)(C[C@H]1CC(Sc2ccccc2)O[C@@H]1COc1ncc(C)c(OC)n1)OCC. The van der Waals surface area contributed by atoms with Gasteiger partial charge >= 0.3 is 13.6 Å². The molecule has 32 heavy (non-hydrogen) atoms. The molecule has 1 aromatic carbocycles. The van der Waals surface area contributed by atoms with Gasteiger partial charge in [0.25, 0.3) is 0 Å². The maximum Gasteiger partial charge on any atom is 0.331 e. The van der Waals surface area contributed by atoms with Crippen molar-refractivity contribution in [3.8, 4) is 11.9 Å². The highest BCUT2D eigenvalue weighted by atomic mass is 32.2. The standard InChI is InChI=1S/C22H31N2O6PS/c1-5-28-31(25,29-6-2)15-17-12-20(32-18-10-8-7-9-11-18)30-19(17)14-27-22-23-13-16(3)21(24-22)26-4/h7-11,13,17,19-20H,5-6,12,14-15H2,1-4H3/t17-,19-,20?/m1/s1. The number of hydrogen-bond donors (Lipinski definition) is 0. The van der Waals surface area contributed by atoms with Crippen LogP contribution in [0.1, 0.15) is 25.8 Å². The van der Waals surface area contributed by atoms with Crippen molar-refractivity contribution < 1.29 is 27.8 Å². The van der Waals surface area contributed by atoms with Crippen LogP contribution in [0.5, 0.6) is 11.9 Å². The van der Waals surface area contributed by atoms with Crippen LogP contribution in [0.4, 0.5) is 0 Å². The molecule has 0 aliphatic carbocycles. The van der Waals surface area contributed by atoms with Gasteiger partial charge in [-0.25, -0.2) is 4.98 Å². The van der Waals surface area contributed by atoms with Crippen LogP contribution in [0.25, 0.3) is 0 Å². The Bertz CT molecular complexity index is 893. The summed E-state index contributed by atoms with van der Waals surface area (Å²) in [6.45, 7) is 6.36. The molecular formula is C22H31N2O6PS. The predicted octanol–water partition coefficient (Wildman–Crippen LogP) is 4.96. The molecule has 1 aliphatic heterocycles. The van der Waals surface area contributed by atoms with Gasteiger partial charge in [-0.05, 0) is 39.3 Å². The van der Waals surface area contributed by atoms with Crippen LogP contribution >= 0.6 is 19.4 Å². The number of ether oxygens (including phenoxy) is 3. The van der Waals surface area contributed by atoms with Gasteiger partial charge in [0.2, 0.25) is 5.88 Å². The molecule has 0 amide bonds. The van der Waals surface area contributed by atoms with Crippen LogP contribution in [-0.2, 0) is 18.3 Å². The highest BCUT2D eigenvalue weighted by molar-refractivity contribution is 7.99. The van der Waals surface area contributed by atoms with Gasteiger partial charge in [-0.15, -0.1) is 0 Å². The van der Waals surface area contributed by atoms with Crippen LogP contribution in [0, 0.1) is 12.8 Å². The van der Waals surface area contributed by atoms with E-state index in [0.717, 1.165) is 10.5 Å². The van der Waals surface area contributed by atoms with Crippen molar-refractivity contribution >= 4 is 19.4 Å². The van der Waals surface area contributed by atoms with Crippen LogP contribution in [0.2, 0.25) is 0 Å². The quantitative estimate of drug-likeness (QED) is 0.389. The molecule has 1 aromatic heterocycles. The van der Waals surface area contributed by atoms with E-state index in [-0.39, 0.29) is 36.2 Å². The van der Waals surface area contributed by atoms with E-state index >= 15 is 0 Å². The fraction of sp³-hybridized carbons (Fsp3) is 0.545. The monoisotopic (exact) mass is 482 g/mol. The Morgan fingerprint density at radius 1 is 1.19 bits per heavy atom. The summed E-state index contributed by atoms with van der Waals surface area (Å²) in [5.41, 5.74) is 0.727. The molecule has 1 saturated heterocycles. The molecule has 0 N–H and O–H groups in total. The van der Waals surface area contributed by atoms with Crippen molar-refractivity contribution in [3.05, 3.63) is 42.1 Å². The van der Waals surface area contributed by atoms with E-state index in [9.17, 15) is 4.57 Å². The Kier molecular flexibility index (Phi) is 9.37. The topological polar surface area (TPSA) is 89.0 Å². The molecule has 176 valence electrons. The Morgan fingerprint density at radius 2 is 1.91 bits per heavy atom. The van der Waals surface area contributed by atoms with Gasteiger partial charge in [0.05, 0.1) is 32.6 Å². The molecule has 10 heteroatoms. The molecule has 2 aromatic rings. The van der Waals surface area contributed by atoms with Crippen molar-refractivity contribution in [3.63, 3.8) is 0 Å². The summed E-state index contributed by atoms with van der Waals surface area (Å²) in [7, 11) is -1.67. The Labute approximate surface area is 193 Å². The van der Waals surface area contributed by atoms with Gasteiger partial charge in [0.15, 0.2) is 0 Å². The first kappa shape index (κ1) is 25.0. The first-order chi connectivity index (χ1) is 15.5. The van der Waals surface area contributed by atoms with Crippen molar-refractivity contribution in [1.29, 1.82) is 0 Å². The molecule has 8 nitrogen and oxygen atoms in total. The summed E-state index contributed by atoms with van der Waals surface area (Å²) >= 11 is 1.64. The molecular weight excluding hydrogens is 451 g/mol. The first-order valence-corrected chi connectivity index (χ1v) is 13.3. The second-order valence-electron chi connectivity index (χ2n) is 7.32. The minimum atomic E-state index is -3.23. The zero-order valence-corrected chi connectivity index (χ0v) is 20.6. The van der Waals surface area contributed by atoms with Crippen molar-refractivity contribution in [2.45, 2.75) is 43.6 Å². The Morgan fingerprint density at radius 3 is 2.56 bits per heavy atom. The summed E-state index contributed by atoms with van der Waals surface area (Å²) < 4.78 is 41.6. The van der Waals surface area contributed by atoms with E-state index < -0.39 is 7.60 Å². The third-order valence-corrected chi connectivity index (χ3v) is 8.27. The van der Waals surface area contributed by atoms with Crippen LogP contribution < -0.4 is 9.47 Å². The fourth-order valence-electron chi connectivity index (χ4n) is 3.52. The van der Waals surface area contributed by atoms with E-state index in [2.05, 4.69) is 9.97 Å². The van der Waals surface area contributed by atoms with E-state index in [4.69, 9.17) is 23.3 Å². The molecule has 0 radical (unpaired) electrons. The molecule has 3 atom stereocenters. The molecule has 1 fully saturated rings. The normalized spacial score (nSPS) is 20.9. The second-order valence-corrected chi connectivity index (χ2v) is 10.7. The number of thioether (sulfide) groups is 1. The van der Waals surface area contributed by atoms with E-state index in [1.165, 1.54) is 0 Å². The molecule has 1 aliphatic rings. The molecule has 0 bridgehead atoms. The summed E-state index contributed by atoms with van der Waals surface area (Å²) in [5.74, 6) is 0.404. The third kappa shape index (κ3) is 6.93. The van der Waals surface area contributed by atoms with E-state index in [0.29, 0.717) is 25.5 Å². The lowest BCUT2D eigenvalue weighted by atomic mass is 10.1. The molecule has 0 saturated carbocycles. The average Bonchev–Trinajstić information content (AvgIpc) is 3.14. The first-order valence-electron chi connectivity index (χ1n) is 10.7. The zero-order chi connectivity index (χ0) is 23.0. The van der Waals surface area contributed by atoms with Gasteiger partial charge in [0.1, 0.15) is 12.0 Å². The van der Waals surface area contributed by atoms with Gasteiger partial charge in [-0.2, -0.15) is 4.98 Å². The zero-order valence-electron chi connectivity index (χ0n) is 18.9. The van der Waals surface area contributed by atoms with Crippen LogP contribution in [-0.4, -0.2) is 54.6 Å². The average molecular weight is 483 g/mol. The van der Waals surface area contributed by atoms with Crippen LogP contribution in [0.15, 0.2) is 41.4 Å². The van der Waals surface area contributed by atoms with Crippen molar-refractivity contribution in [1.82, 2.24) is 9.97 Å². The van der Waals surface area contributed by atoms with E-state index in [1.807, 2.05) is 51.1 Å². The molecule has 2 heterocycles. The number of nitrogens with zero attached hydrogens (tertiary/aromatic N) is 2. The second kappa shape index (κ2) is 12.0. The molecule has 0 spiro atoms. The number of benzene rings is 1. The minimum absolute atomic E-state index is 0.0625. The largest absolute Gasteiger partial charge is 0.481 e. The maximum absolute atomic E-state index is 13.2. The van der Waals surface area contributed by atoms with E-state index in [1.54, 1.807) is 25.1 Å². The summed E-state index contributed by atoms with van der Waals surface area (Å²) in [4.78, 5) is 9.60. The maximum atomic E-state index is 13.2. The highest BCUT2D eigenvalue weighted by Gasteiger charge is 2.41. The number of aromatic nitrogens is 2. The summed E-state index contributed by atoms with van der Waals surface area (Å²) in [5, 5.41) is 0. The van der Waals surface area contributed by atoms with Crippen molar-refractivity contribution in [2.24, 2.45) is 5.92 Å². The van der Waals surface area contributed by atoms with Gasteiger partial charge < -0.3 is 23.3 Å². The number of aryl methyl sites for hydroxylation is 1. The number of hydrogen-bond acceptors (Lipinski definition) is 9. The smallest absolute Gasteiger partial charge is 0.331 e. The Hall–Kier alpha value is -1.64. The van der Waals surface area contributed by atoms with Gasteiger partial charge in [0, 0.05) is 22.6 Å². The predicted molar refractivity (Wildman–Crippen MR) is 124 cm³/mol. The summed E-state index contributed by atoms with van der Waals surface area (Å²) in [6.07, 6.45) is 2.32. The number of rotatable bonds is 12. The Balaban J connectivity index is 1.72. The van der Waals surface area contributed by atoms with Crippen LogP contribution in [0.3, 0.4) is 0 Å². The number of methoxy groups -OCH3 is 1. The third-order valence-electron chi connectivity index (χ3n) is 4.94. The fourth-order valence-corrected chi connectivity index (χ4v) is 6.71. The lowest BCUT2D eigenvalue weighted by Gasteiger charge is -2.23. The van der Waals surface area contributed by atoms with Gasteiger partial charge in [-0.3, -0.25) is 4.57 Å². The minimum Gasteiger partial charge on any atom is -0.481 e. The summed E-state index contributed by atoms with van der Waals surface area (Å²) in [6, 6.07) is 10.3. The highest BCUT2D eigenvalue weighted by Crippen LogP contribution is 2.53.